The molecule has 0 amide bonds. The first-order chi connectivity index (χ1) is 26.0. The number of methoxy groups -OCH3 is 1. The SMILES string of the molecule is CO[C@@H]1O[C@@H](C)[C@H](OP(=O)(OCc2ccccc2)O[C@H]2O[C@@H]3COC(c4ccccc4)O[C@H]3[C@H](OC(C)=O)[C@@H]2OCc2ccccc2)[C@H]2OC(C)(C)O[C@@H]12. The number of hydrogen-bond donors (Lipinski definition) is 0. The molecular weight excluding hydrogens is 723 g/mol. The van der Waals surface area contributed by atoms with Crippen LogP contribution < -0.4 is 0 Å². The van der Waals surface area contributed by atoms with Gasteiger partial charge in [0.2, 0.25) is 0 Å². The summed E-state index contributed by atoms with van der Waals surface area (Å²) in [6.45, 7) is 6.49. The fraction of sp³-hybridized carbons (Fsp3) is 0.513. The fourth-order valence-corrected chi connectivity index (χ4v) is 8.51. The molecular formula is C39H47O14P. The number of esters is 1. The molecule has 292 valence electrons. The van der Waals surface area contributed by atoms with Gasteiger partial charge in [-0.2, -0.15) is 0 Å². The quantitative estimate of drug-likeness (QED) is 0.148. The molecule has 7 rings (SSSR count). The molecule has 3 aromatic rings. The van der Waals surface area contributed by atoms with Crippen molar-refractivity contribution >= 4 is 13.8 Å². The lowest BCUT2D eigenvalue weighted by Gasteiger charge is -2.48. The number of fused-ring (bicyclic) bond motifs is 2. The summed E-state index contributed by atoms with van der Waals surface area (Å²) in [4.78, 5) is 12.7. The second kappa shape index (κ2) is 17.0. The van der Waals surface area contributed by atoms with Crippen LogP contribution in [0.3, 0.4) is 0 Å². The third-order valence-electron chi connectivity index (χ3n) is 9.46. The monoisotopic (exact) mass is 770 g/mol. The average molecular weight is 771 g/mol. The highest BCUT2D eigenvalue weighted by Crippen LogP contribution is 2.56. The Morgan fingerprint density at radius 2 is 1.39 bits per heavy atom. The lowest BCUT2D eigenvalue weighted by Crippen LogP contribution is -2.63. The van der Waals surface area contributed by atoms with E-state index in [1.54, 1.807) is 20.8 Å². The highest BCUT2D eigenvalue weighted by molar-refractivity contribution is 7.48. The first kappa shape index (κ1) is 39.2. The van der Waals surface area contributed by atoms with Gasteiger partial charge in [-0.3, -0.25) is 18.4 Å². The van der Waals surface area contributed by atoms with Crippen molar-refractivity contribution in [1.82, 2.24) is 0 Å². The van der Waals surface area contributed by atoms with Crippen LogP contribution in [0.15, 0.2) is 91.0 Å². The van der Waals surface area contributed by atoms with Crippen molar-refractivity contribution in [3.63, 3.8) is 0 Å². The van der Waals surface area contributed by atoms with Crippen LogP contribution in [0.1, 0.15) is 50.7 Å². The minimum Gasteiger partial charge on any atom is -0.457 e. The van der Waals surface area contributed by atoms with Crippen molar-refractivity contribution < 1.29 is 65.6 Å². The number of benzene rings is 3. The maximum atomic E-state index is 15.2. The summed E-state index contributed by atoms with van der Waals surface area (Å²) in [5.74, 6) is -1.61. The van der Waals surface area contributed by atoms with Crippen LogP contribution in [-0.2, 0) is 78.8 Å². The van der Waals surface area contributed by atoms with E-state index in [1.165, 1.54) is 14.0 Å². The number of carbonyl (C=O) groups is 1. The Balaban J connectivity index is 1.21. The smallest absolute Gasteiger partial charge is 0.457 e. The third-order valence-corrected chi connectivity index (χ3v) is 10.9. The summed E-state index contributed by atoms with van der Waals surface area (Å²) in [7, 11) is -3.16. The van der Waals surface area contributed by atoms with Crippen molar-refractivity contribution in [2.45, 2.75) is 114 Å². The summed E-state index contributed by atoms with van der Waals surface area (Å²) >= 11 is 0. The first-order valence-electron chi connectivity index (χ1n) is 18.0. The first-order valence-corrected chi connectivity index (χ1v) is 19.5. The number of ether oxygens (including phenoxy) is 9. The standard InChI is InChI=1S/C39H47O14P/c1-24-30(33-35(37(42-5)46-24)51-39(3,4)50-33)52-54(41,45-22-27-17-11-7-12-18-27)53-38-34(43-21-26-15-9-6-10-16-26)32(47-25(2)40)31-29(48-38)23-44-36(49-31)28-19-13-8-14-20-28/h6-20,24,29-38H,21-23H2,1-5H3/t24-,29+,30-,31+,32-,33+,34-,35+,36?,37+,38+,54?/m0/s1. The second-order valence-electron chi connectivity index (χ2n) is 13.9. The Kier molecular flexibility index (Phi) is 12.3. The van der Waals surface area contributed by atoms with Crippen LogP contribution in [0.4, 0.5) is 0 Å². The molecule has 4 saturated heterocycles. The van der Waals surface area contributed by atoms with Crippen LogP contribution in [0.5, 0.6) is 0 Å². The van der Waals surface area contributed by atoms with E-state index in [2.05, 4.69) is 0 Å². The second-order valence-corrected chi connectivity index (χ2v) is 15.5. The Morgan fingerprint density at radius 3 is 2.04 bits per heavy atom. The summed E-state index contributed by atoms with van der Waals surface area (Å²) in [5.41, 5.74) is 2.30. The Morgan fingerprint density at radius 1 is 0.759 bits per heavy atom. The van der Waals surface area contributed by atoms with Gasteiger partial charge in [0.25, 0.3) is 0 Å². The van der Waals surface area contributed by atoms with Gasteiger partial charge in [-0.1, -0.05) is 91.0 Å². The molecule has 0 aliphatic carbocycles. The van der Waals surface area contributed by atoms with Gasteiger partial charge in [0.1, 0.15) is 36.6 Å². The van der Waals surface area contributed by atoms with Crippen LogP contribution in [-0.4, -0.2) is 86.9 Å². The molecule has 4 heterocycles. The van der Waals surface area contributed by atoms with E-state index in [0.717, 1.165) is 11.1 Å². The Hall–Kier alpha value is -3.08. The Labute approximate surface area is 314 Å². The third kappa shape index (κ3) is 9.13. The van der Waals surface area contributed by atoms with Crippen LogP contribution >= 0.6 is 7.82 Å². The Bertz CT molecular complexity index is 1710. The van der Waals surface area contributed by atoms with Crippen LogP contribution in [0.25, 0.3) is 0 Å². The van der Waals surface area contributed by atoms with Crippen molar-refractivity contribution in [3.8, 4) is 0 Å². The van der Waals surface area contributed by atoms with E-state index in [9.17, 15) is 4.79 Å². The zero-order valence-electron chi connectivity index (χ0n) is 30.8. The number of rotatable bonds is 13. The summed E-state index contributed by atoms with van der Waals surface area (Å²) in [5, 5.41) is 0. The maximum Gasteiger partial charge on any atom is 0.478 e. The van der Waals surface area contributed by atoms with Gasteiger partial charge in [0.15, 0.2) is 30.8 Å². The van der Waals surface area contributed by atoms with E-state index in [4.69, 9.17) is 56.2 Å². The minimum atomic E-state index is -4.66. The van der Waals surface area contributed by atoms with E-state index in [0.29, 0.717) is 5.56 Å². The largest absolute Gasteiger partial charge is 0.478 e. The molecule has 4 aliphatic heterocycles. The zero-order valence-corrected chi connectivity index (χ0v) is 31.7. The van der Waals surface area contributed by atoms with Gasteiger partial charge in [-0.15, -0.1) is 0 Å². The highest BCUT2D eigenvalue weighted by Gasteiger charge is 2.59. The molecule has 0 bridgehead atoms. The van der Waals surface area contributed by atoms with E-state index in [1.807, 2.05) is 91.0 Å². The zero-order chi connectivity index (χ0) is 37.9. The van der Waals surface area contributed by atoms with Gasteiger partial charge < -0.3 is 42.6 Å². The van der Waals surface area contributed by atoms with Gasteiger partial charge in [-0.05, 0) is 31.9 Å². The molecule has 4 fully saturated rings. The number of carbonyl (C=O) groups excluding carboxylic acids is 1. The van der Waals surface area contributed by atoms with E-state index in [-0.39, 0.29) is 19.8 Å². The molecule has 14 nitrogen and oxygen atoms in total. The normalized spacial score (nSPS) is 34.3. The van der Waals surface area contributed by atoms with Crippen molar-refractivity contribution in [2.24, 2.45) is 0 Å². The average Bonchev–Trinajstić information content (AvgIpc) is 3.50. The number of phosphoric acid groups is 1. The fourth-order valence-electron chi connectivity index (χ4n) is 7.02. The molecule has 3 aromatic carbocycles. The molecule has 15 heteroatoms. The van der Waals surface area contributed by atoms with Gasteiger partial charge >= 0.3 is 13.8 Å². The van der Waals surface area contributed by atoms with Crippen molar-refractivity contribution in [2.75, 3.05) is 13.7 Å². The van der Waals surface area contributed by atoms with Gasteiger partial charge in [0, 0.05) is 19.6 Å². The number of phosphoric ester groups is 1. The molecule has 2 unspecified atom stereocenters. The molecule has 54 heavy (non-hydrogen) atoms. The molecule has 0 saturated carbocycles. The molecule has 0 N–H and O–H groups in total. The highest BCUT2D eigenvalue weighted by atomic mass is 31.2. The lowest BCUT2D eigenvalue weighted by atomic mass is 9.97. The molecule has 0 radical (unpaired) electrons. The summed E-state index contributed by atoms with van der Waals surface area (Å²) in [6, 6.07) is 27.9. The molecule has 4 aliphatic rings. The van der Waals surface area contributed by atoms with Crippen LogP contribution in [0.2, 0.25) is 0 Å². The van der Waals surface area contributed by atoms with E-state index < -0.39 is 87.3 Å². The molecule has 0 spiro atoms. The van der Waals surface area contributed by atoms with Gasteiger partial charge in [0.05, 0.1) is 25.9 Å². The minimum absolute atomic E-state index is 0.0270. The van der Waals surface area contributed by atoms with Gasteiger partial charge in [-0.25, -0.2) is 4.57 Å². The maximum absolute atomic E-state index is 15.2. The predicted molar refractivity (Wildman–Crippen MR) is 189 cm³/mol. The predicted octanol–water partition coefficient (Wildman–Crippen LogP) is 5.98. The van der Waals surface area contributed by atoms with Crippen molar-refractivity contribution in [3.05, 3.63) is 108 Å². The van der Waals surface area contributed by atoms with E-state index >= 15 is 4.57 Å². The van der Waals surface area contributed by atoms with Crippen LogP contribution in [0, 0.1) is 0 Å². The topological polar surface area (TPSA) is 145 Å². The summed E-state index contributed by atoms with van der Waals surface area (Å²) in [6.07, 6.45) is -10.2. The number of hydrogen-bond acceptors (Lipinski definition) is 14. The molecule has 0 aromatic heterocycles. The lowest BCUT2D eigenvalue weighted by molar-refractivity contribution is -0.358. The summed E-state index contributed by atoms with van der Waals surface area (Å²) < 4.78 is 89.4. The molecule has 12 atom stereocenters. The van der Waals surface area contributed by atoms with Crippen molar-refractivity contribution in [1.29, 1.82) is 0 Å².